The lowest BCUT2D eigenvalue weighted by Crippen LogP contribution is -2.64. The van der Waals surface area contributed by atoms with Crippen molar-refractivity contribution in [1.82, 2.24) is 9.80 Å². The Balaban J connectivity index is 1.70. The normalized spacial score (nSPS) is 29.0. The number of Topliss-reactive ketones (excluding diaryl/α,β-unsaturated/α-hetero) is 1. The summed E-state index contributed by atoms with van der Waals surface area (Å²) >= 11 is 0. The number of carbonyl (C=O) groups excluding carboxylic acids is 2. The number of likely N-dealkylation sites (tertiary alicyclic amines) is 1. The number of allylic oxidation sites excluding steroid dienone is 1. The Labute approximate surface area is 226 Å². The molecule has 210 valence electrons. The number of fused-ring (bicyclic) bond motifs is 3. The molecule has 1 aromatic rings. The van der Waals surface area contributed by atoms with Crippen molar-refractivity contribution >= 4 is 17.4 Å². The van der Waals surface area contributed by atoms with E-state index in [4.69, 9.17) is 20.6 Å². The molecule has 1 aliphatic heterocycles. The topological polar surface area (TPSA) is 149 Å². The number of aromatic hydroxyl groups is 1. The van der Waals surface area contributed by atoms with E-state index < -0.39 is 52.3 Å². The Morgan fingerprint density at radius 3 is 2.51 bits per heavy atom. The molecule has 0 unspecified atom stereocenters. The number of benzene rings is 1. The number of amides is 1. The second-order valence-corrected chi connectivity index (χ2v) is 11.1. The van der Waals surface area contributed by atoms with E-state index in [1.54, 1.807) is 19.0 Å². The van der Waals surface area contributed by atoms with Crippen LogP contribution in [-0.4, -0.2) is 90.5 Å². The molecule has 0 bridgehead atoms. The third-order valence-electron chi connectivity index (χ3n) is 8.85. The average Bonchev–Trinajstić information content (AvgIpc) is 3.38. The number of aliphatic hydroxyl groups excluding tert-OH is 1. The molecule has 0 spiro atoms. The zero-order chi connectivity index (χ0) is 28.4. The van der Waals surface area contributed by atoms with E-state index in [1.807, 2.05) is 0 Å². The molecular formula is C28H35FN4O6. The number of phenolic OH excluding ortho intramolecular Hbond substituents is 1. The van der Waals surface area contributed by atoms with E-state index in [1.165, 1.54) is 20.3 Å². The van der Waals surface area contributed by atoms with Gasteiger partial charge in [0.2, 0.25) is 0 Å². The van der Waals surface area contributed by atoms with Gasteiger partial charge >= 0.3 is 0 Å². The first-order valence-corrected chi connectivity index (χ1v) is 13.1. The molecule has 5 rings (SSSR count). The van der Waals surface area contributed by atoms with Crippen LogP contribution < -0.4 is 5.73 Å². The molecule has 5 N–H and O–H groups in total. The molecule has 1 aromatic carbocycles. The van der Waals surface area contributed by atoms with Gasteiger partial charge in [-0.1, -0.05) is 0 Å². The standard InChI is InChI=1S/C28H35FN4O6/c1-32(2)22-16-10-13-9-15-19(17(34)11-14(21(15)29)12-33-7-5-6-8-33)23(35)18(13)26(38-3)28(16,39-4)25(30)20(24(22)36)27(31)37/h11,13,16,22,30,34,36H,5-10,12H2,1-4H3,(H2,31,37)/t13-,16-,22-,28+/m0/s1. The smallest absolute Gasteiger partial charge is 0.254 e. The Hall–Kier alpha value is -3.28. The fourth-order valence-corrected chi connectivity index (χ4v) is 7.26. The van der Waals surface area contributed by atoms with Crippen LogP contribution in [0, 0.1) is 23.1 Å². The number of nitrogens with one attached hydrogen (secondary N) is 1. The number of carbonyl (C=O) groups is 2. The summed E-state index contributed by atoms with van der Waals surface area (Å²) in [7, 11) is 6.11. The van der Waals surface area contributed by atoms with Crippen LogP contribution in [0.2, 0.25) is 0 Å². The van der Waals surface area contributed by atoms with Crippen LogP contribution in [0.15, 0.2) is 28.7 Å². The van der Waals surface area contributed by atoms with E-state index in [2.05, 4.69) is 4.90 Å². The first-order chi connectivity index (χ1) is 18.5. The van der Waals surface area contributed by atoms with Crippen LogP contribution >= 0.6 is 0 Å². The second kappa shape index (κ2) is 9.72. The van der Waals surface area contributed by atoms with Crippen molar-refractivity contribution in [3.63, 3.8) is 0 Å². The molecule has 4 atom stereocenters. The van der Waals surface area contributed by atoms with Gasteiger partial charge in [-0.05, 0) is 64.9 Å². The zero-order valence-corrected chi connectivity index (χ0v) is 22.6. The molecule has 1 amide bonds. The number of ether oxygens (including phenoxy) is 2. The van der Waals surface area contributed by atoms with Crippen LogP contribution in [0.4, 0.5) is 4.39 Å². The molecular weight excluding hydrogens is 507 g/mol. The van der Waals surface area contributed by atoms with E-state index in [9.17, 15) is 19.8 Å². The van der Waals surface area contributed by atoms with Crippen molar-refractivity contribution in [3.05, 3.63) is 51.2 Å². The maximum Gasteiger partial charge on any atom is 0.254 e. The Bertz CT molecular complexity index is 1330. The van der Waals surface area contributed by atoms with Gasteiger partial charge in [-0.3, -0.25) is 19.4 Å². The number of nitrogens with two attached hydrogens (primary N) is 1. The first kappa shape index (κ1) is 27.3. The number of primary amides is 1. The average molecular weight is 543 g/mol. The Morgan fingerprint density at radius 1 is 1.28 bits per heavy atom. The minimum Gasteiger partial charge on any atom is -0.510 e. The van der Waals surface area contributed by atoms with Crippen LogP contribution in [0.5, 0.6) is 5.75 Å². The van der Waals surface area contributed by atoms with Gasteiger partial charge < -0.3 is 30.8 Å². The highest BCUT2D eigenvalue weighted by Gasteiger charge is 2.63. The molecule has 1 saturated heterocycles. The molecule has 4 aliphatic rings. The molecule has 1 heterocycles. The highest BCUT2D eigenvalue weighted by Crippen LogP contribution is 2.54. The van der Waals surface area contributed by atoms with Crippen LogP contribution in [0.1, 0.15) is 40.7 Å². The first-order valence-electron chi connectivity index (χ1n) is 13.1. The minimum atomic E-state index is -1.72. The van der Waals surface area contributed by atoms with Gasteiger partial charge in [0.15, 0.2) is 11.4 Å². The molecule has 0 saturated carbocycles. The summed E-state index contributed by atoms with van der Waals surface area (Å²) in [5.41, 5.74) is 3.62. The molecule has 3 aliphatic carbocycles. The summed E-state index contributed by atoms with van der Waals surface area (Å²) in [6.45, 7) is 2.05. The van der Waals surface area contributed by atoms with Crippen LogP contribution in [0.25, 0.3) is 0 Å². The molecule has 39 heavy (non-hydrogen) atoms. The SMILES string of the molecule is COC1=C2C(=O)c3c(O)cc(CN4CCCC4)c(F)c3C[C@H]2C[C@H]2[C@H](N(C)C)C(O)=C(C(N)=O)C(=N)[C@@]12OC. The van der Waals surface area contributed by atoms with Crippen molar-refractivity contribution in [1.29, 1.82) is 5.41 Å². The largest absolute Gasteiger partial charge is 0.510 e. The Morgan fingerprint density at radius 2 is 1.95 bits per heavy atom. The summed E-state index contributed by atoms with van der Waals surface area (Å²) < 4.78 is 27.7. The summed E-state index contributed by atoms with van der Waals surface area (Å²) in [4.78, 5) is 30.2. The van der Waals surface area contributed by atoms with Gasteiger partial charge in [0, 0.05) is 36.3 Å². The summed E-state index contributed by atoms with van der Waals surface area (Å²) in [5.74, 6) is -3.97. The number of likely N-dealkylation sites (N-methyl/N-ethyl adjacent to an activating group) is 1. The number of phenols is 1. The number of aliphatic hydroxyl groups is 1. The van der Waals surface area contributed by atoms with Gasteiger partial charge in [0.25, 0.3) is 5.91 Å². The molecule has 1 fully saturated rings. The number of nitrogens with zero attached hydrogens (tertiary/aromatic N) is 2. The molecule has 0 aromatic heterocycles. The van der Waals surface area contributed by atoms with Crippen LogP contribution in [-0.2, 0) is 27.2 Å². The second-order valence-electron chi connectivity index (χ2n) is 11.1. The van der Waals surface area contributed by atoms with Gasteiger partial charge in [-0.25, -0.2) is 4.39 Å². The van der Waals surface area contributed by atoms with E-state index in [-0.39, 0.29) is 46.8 Å². The predicted molar refractivity (Wildman–Crippen MR) is 140 cm³/mol. The number of hydrogen-bond donors (Lipinski definition) is 4. The quantitative estimate of drug-likeness (QED) is 0.427. The minimum absolute atomic E-state index is 0.00551. The van der Waals surface area contributed by atoms with Crippen LogP contribution in [0.3, 0.4) is 0 Å². The van der Waals surface area contributed by atoms with Gasteiger partial charge in [0.05, 0.1) is 24.4 Å². The maximum atomic E-state index is 15.9. The van der Waals surface area contributed by atoms with E-state index in [0.717, 1.165) is 25.9 Å². The summed E-state index contributed by atoms with van der Waals surface area (Å²) in [5, 5.41) is 31.1. The maximum absolute atomic E-state index is 15.9. The number of ketones is 1. The van der Waals surface area contributed by atoms with Crippen molar-refractivity contribution in [2.24, 2.45) is 17.6 Å². The molecule has 0 radical (unpaired) electrons. The van der Waals surface area contributed by atoms with Crippen molar-refractivity contribution in [3.8, 4) is 5.75 Å². The summed E-state index contributed by atoms with van der Waals surface area (Å²) in [6, 6.07) is 0.524. The highest BCUT2D eigenvalue weighted by atomic mass is 19.1. The lowest BCUT2D eigenvalue weighted by molar-refractivity contribution is -0.115. The van der Waals surface area contributed by atoms with E-state index >= 15 is 4.39 Å². The lowest BCUT2D eigenvalue weighted by atomic mass is 9.58. The van der Waals surface area contributed by atoms with Crippen molar-refractivity contribution < 1.29 is 33.7 Å². The fraction of sp³-hybridized carbons (Fsp3) is 0.536. The third-order valence-corrected chi connectivity index (χ3v) is 8.85. The number of methoxy groups -OCH3 is 2. The zero-order valence-electron chi connectivity index (χ0n) is 22.6. The number of rotatable bonds is 6. The molecule has 10 nitrogen and oxygen atoms in total. The predicted octanol–water partition coefficient (Wildman–Crippen LogP) is 2.05. The summed E-state index contributed by atoms with van der Waals surface area (Å²) in [6.07, 6.45) is 2.42. The van der Waals surface area contributed by atoms with Crippen molar-refractivity contribution in [2.75, 3.05) is 41.4 Å². The number of halogens is 1. The van der Waals surface area contributed by atoms with Gasteiger partial charge in [0.1, 0.15) is 28.7 Å². The Kier molecular flexibility index (Phi) is 6.80. The van der Waals surface area contributed by atoms with Crippen molar-refractivity contribution in [2.45, 2.75) is 43.9 Å². The molecule has 11 heteroatoms. The fourth-order valence-electron chi connectivity index (χ4n) is 7.26. The third kappa shape index (κ3) is 3.81. The lowest BCUT2D eigenvalue weighted by Gasteiger charge is -2.53. The van der Waals surface area contributed by atoms with E-state index in [0.29, 0.717) is 12.1 Å². The number of hydrogen-bond acceptors (Lipinski definition) is 9. The van der Waals surface area contributed by atoms with Gasteiger partial charge in [-0.15, -0.1) is 0 Å². The van der Waals surface area contributed by atoms with Gasteiger partial charge in [-0.2, -0.15) is 0 Å². The highest BCUT2D eigenvalue weighted by molar-refractivity contribution is 6.26. The monoisotopic (exact) mass is 542 g/mol.